The fraction of sp³-hybridized carbons (Fsp3) is 0.750. The number of amides is 1. The maximum absolute atomic E-state index is 12.3. The number of aliphatic carboxylic acids is 2. The molecule has 5 N–H and O–H groups in total. The lowest BCUT2D eigenvalue weighted by molar-refractivity contribution is -0.148. The van der Waals surface area contributed by atoms with Crippen LogP contribution < -0.4 is 11.1 Å². The van der Waals surface area contributed by atoms with Gasteiger partial charge in [0, 0.05) is 23.8 Å². The summed E-state index contributed by atoms with van der Waals surface area (Å²) in [5.74, 6) is -2.81. The van der Waals surface area contributed by atoms with Crippen molar-refractivity contribution in [2.24, 2.45) is 5.73 Å². The second-order valence-electron chi connectivity index (χ2n) is 6.50. The molecule has 3 atom stereocenters. The van der Waals surface area contributed by atoms with Crippen LogP contribution in [0.3, 0.4) is 0 Å². The smallest absolute Gasteiger partial charge is 0.331 e. The highest BCUT2D eigenvalue weighted by atomic mass is 33.1. The van der Waals surface area contributed by atoms with E-state index in [9.17, 15) is 19.2 Å². The van der Waals surface area contributed by atoms with E-state index in [2.05, 4.69) is 5.32 Å². The van der Waals surface area contributed by atoms with E-state index in [-0.39, 0.29) is 19.3 Å². The molecule has 8 nitrogen and oxygen atoms in total. The molecular weight excluding hydrogens is 380 g/mol. The Kier molecular flexibility index (Phi) is 9.45. The predicted molar refractivity (Wildman–Crippen MR) is 101 cm³/mol. The molecule has 0 radical (unpaired) electrons. The summed E-state index contributed by atoms with van der Waals surface area (Å²) in [5.41, 5.74) is 3.34. The lowest BCUT2D eigenvalue weighted by atomic mass is 9.90. The van der Waals surface area contributed by atoms with Crippen LogP contribution in [-0.2, 0) is 19.2 Å². The number of ketones is 1. The Hall–Kier alpha value is -1.26. The van der Waals surface area contributed by atoms with E-state index in [0.717, 1.165) is 25.5 Å². The van der Waals surface area contributed by atoms with Gasteiger partial charge >= 0.3 is 11.9 Å². The molecule has 1 fully saturated rings. The zero-order valence-corrected chi connectivity index (χ0v) is 16.4. The molecule has 0 aliphatic carbocycles. The number of rotatable bonds is 12. The van der Waals surface area contributed by atoms with Crippen molar-refractivity contribution in [2.75, 3.05) is 5.75 Å². The maximum atomic E-state index is 12.3. The zero-order valence-electron chi connectivity index (χ0n) is 14.7. The zero-order chi connectivity index (χ0) is 19.7. The number of carboxylic acids is 2. The Labute approximate surface area is 160 Å². The van der Waals surface area contributed by atoms with Crippen LogP contribution in [0.25, 0.3) is 0 Å². The van der Waals surface area contributed by atoms with Crippen LogP contribution in [-0.4, -0.2) is 56.4 Å². The van der Waals surface area contributed by atoms with Crippen molar-refractivity contribution in [1.29, 1.82) is 0 Å². The van der Waals surface area contributed by atoms with Crippen LogP contribution in [0.15, 0.2) is 0 Å². The third-order valence-corrected chi connectivity index (χ3v) is 7.17. The van der Waals surface area contributed by atoms with Gasteiger partial charge in [-0.05, 0) is 32.6 Å². The fourth-order valence-corrected chi connectivity index (χ4v) is 5.52. The van der Waals surface area contributed by atoms with Gasteiger partial charge in [0.1, 0.15) is 0 Å². The highest BCUT2D eigenvalue weighted by molar-refractivity contribution is 8.77. The van der Waals surface area contributed by atoms with E-state index in [1.807, 2.05) is 21.6 Å². The van der Waals surface area contributed by atoms with Crippen LogP contribution >= 0.6 is 21.6 Å². The van der Waals surface area contributed by atoms with Crippen molar-refractivity contribution in [3.63, 3.8) is 0 Å². The first kappa shape index (κ1) is 22.8. The number of carbonyl (C=O) groups excluding carboxylic acids is 2. The lowest BCUT2D eigenvalue weighted by Gasteiger charge is -2.25. The standard InChI is InChI=1S/C16H26N2O6S2/c1-16(17,15(23)24)14(22)11(6-7-13(20)21)18-12(19)5-3-2-4-10-8-9-25-26-10/h10-11H,2-9,17H2,1H3,(H,18,19)(H,20,21)(H,23,24)/t10-,11+,16-/m1/s1. The minimum atomic E-state index is -2.19. The molecule has 0 saturated carbocycles. The van der Waals surface area contributed by atoms with Crippen molar-refractivity contribution < 1.29 is 29.4 Å². The number of hydrogen-bond donors (Lipinski definition) is 4. The molecule has 1 rings (SSSR count). The van der Waals surface area contributed by atoms with Crippen molar-refractivity contribution in [2.45, 2.75) is 68.7 Å². The molecule has 0 bridgehead atoms. The third kappa shape index (κ3) is 7.55. The fourth-order valence-electron chi connectivity index (χ4n) is 2.49. The van der Waals surface area contributed by atoms with Gasteiger partial charge in [0.25, 0.3) is 0 Å². The average Bonchev–Trinajstić information content (AvgIpc) is 3.07. The van der Waals surface area contributed by atoms with E-state index >= 15 is 0 Å². The van der Waals surface area contributed by atoms with Crippen LogP contribution in [0.1, 0.15) is 51.9 Å². The summed E-state index contributed by atoms with van der Waals surface area (Å²) >= 11 is 0. The number of carboxylic acid groups (broad SMARTS) is 2. The first-order valence-electron chi connectivity index (χ1n) is 8.50. The molecule has 1 heterocycles. The molecule has 1 aliphatic rings. The normalized spacial score (nSPS) is 20.2. The average molecular weight is 407 g/mol. The molecule has 0 unspecified atom stereocenters. The molecule has 1 aliphatic heterocycles. The molecule has 1 saturated heterocycles. The van der Waals surface area contributed by atoms with Gasteiger partial charge in [-0.1, -0.05) is 28.0 Å². The molecule has 26 heavy (non-hydrogen) atoms. The van der Waals surface area contributed by atoms with Crippen molar-refractivity contribution in [3.05, 3.63) is 0 Å². The first-order chi connectivity index (χ1) is 12.1. The summed E-state index contributed by atoms with van der Waals surface area (Å²) < 4.78 is 0. The second kappa shape index (κ2) is 10.8. The SMILES string of the molecule is C[C@](N)(C(=O)O)C(=O)[C@H](CCC(=O)O)NC(=O)CCCC[C@@H]1CCSS1. The van der Waals surface area contributed by atoms with E-state index in [0.29, 0.717) is 11.7 Å². The van der Waals surface area contributed by atoms with Gasteiger partial charge in [-0.15, -0.1) is 0 Å². The number of nitrogens with one attached hydrogen (secondary N) is 1. The van der Waals surface area contributed by atoms with Crippen molar-refractivity contribution in [1.82, 2.24) is 5.32 Å². The Morgan fingerprint density at radius 1 is 1.23 bits per heavy atom. The molecular formula is C16H26N2O6S2. The van der Waals surface area contributed by atoms with Crippen LogP contribution in [0, 0.1) is 0 Å². The summed E-state index contributed by atoms with van der Waals surface area (Å²) in [6, 6.07) is -1.23. The summed E-state index contributed by atoms with van der Waals surface area (Å²) in [4.78, 5) is 46.3. The first-order valence-corrected chi connectivity index (χ1v) is 10.9. The minimum absolute atomic E-state index is 0.198. The molecule has 0 aromatic rings. The monoisotopic (exact) mass is 406 g/mol. The Morgan fingerprint density at radius 2 is 1.92 bits per heavy atom. The van der Waals surface area contributed by atoms with Gasteiger partial charge in [0.2, 0.25) is 5.91 Å². The van der Waals surface area contributed by atoms with Crippen LogP contribution in [0.2, 0.25) is 0 Å². The third-order valence-electron chi connectivity index (χ3n) is 4.16. The Bertz CT molecular complexity index is 535. The maximum Gasteiger partial charge on any atom is 0.331 e. The van der Waals surface area contributed by atoms with Crippen molar-refractivity contribution >= 4 is 45.2 Å². The summed E-state index contributed by atoms with van der Waals surface area (Å²) in [7, 11) is 3.74. The van der Waals surface area contributed by atoms with Gasteiger partial charge in [-0.3, -0.25) is 14.4 Å². The number of nitrogens with two attached hydrogens (primary N) is 1. The van der Waals surface area contributed by atoms with Crippen molar-refractivity contribution in [3.8, 4) is 0 Å². The molecule has 148 valence electrons. The quantitative estimate of drug-likeness (QED) is 0.214. The highest BCUT2D eigenvalue weighted by Gasteiger charge is 2.41. The highest BCUT2D eigenvalue weighted by Crippen LogP contribution is 2.39. The molecule has 0 aromatic heterocycles. The van der Waals surface area contributed by atoms with Crippen LogP contribution in [0.4, 0.5) is 0 Å². The number of Topliss-reactive ketones (excluding diaryl/α,β-unsaturated/α-hetero) is 1. The van der Waals surface area contributed by atoms with E-state index in [4.69, 9.17) is 15.9 Å². The number of unbranched alkanes of at least 4 members (excludes halogenated alkanes) is 1. The summed E-state index contributed by atoms with van der Waals surface area (Å²) in [6.45, 7) is 1.04. The Balaban J connectivity index is 2.51. The predicted octanol–water partition coefficient (Wildman–Crippen LogP) is 1.42. The minimum Gasteiger partial charge on any atom is -0.481 e. The van der Waals surface area contributed by atoms with E-state index < -0.39 is 35.2 Å². The van der Waals surface area contributed by atoms with Gasteiger partial charge in [-0.2, -0.15) is 0 Å². The van der Waals surface area contributed by atoms with Gasteiger partial charge in [0.05, 0.1) is 6.04 Å². The summed E-state index contributed by atoms with van der Waals surface area (Å²) in [6.07, 6.45) is 3.40. The molecule has 10 heteroatoms. The van der Waals surface area contributed by atoms with Gasteiger partial charge < -0.3 is 21.3 Å². The van der Waals surface area contributed by atoms with Crippen LogP contribution in [0.5, 0.6) is 0 Å². The van der Waals surface area contributed by atoms with E-state index in [1.54, 1.807) is 0 Å². The molecule has 0 spiro atoms. The number of hydrogen-bond acceptors (Lipinski definition) is 7. The molecule has 1 amide bonds. The van der Waals surface area contributed by atoms with E-state index in [1.165, 1.54) is 6.42 Å². The van der Waals surface area contributed by atoms with Gasteiger partial charge in [0.15, 0.2) is 11.3 Å². The second-order valence-corrected chi connectivity index (χ2v) is 9.29. The topological polar surface area (TPSA) is 147 Å². The molecule has 0 aromatic carbocycles. The van der Waals surface area contributed by atoms with Gasteiger partial charge in [-0.25, -0.2) is 4.79 Å². The summed E-state index contributed by atoms with van der Waals surface area (Å²) in [5, 5.41) is 20.9. The Morgan fingerprint density at radius 3 is 2.46 bits per heavy atom. The largest absolute Gasteiger partial charge is 0.481 e. The lowest BCUT2D eigenvalue weighted by Crippen LogP contribution is -2.59. The number of carbonyl (C=O) groups is 4.